The molecule has 0 amide bonds. The van der Waals surface area contributed by atoms with Gasteiger partial charge in [0.25, 0.3) is 0 Å². The van der Waals surface area contributed by atoms with Gasteiger partial charge in [0.15, 0.2) is 17.5 Å². The van der Waals surface area contributed by atoms with E-state index in [-0.39, 0.29) is 0 Å². The molecule has 0 radical (unpaired) electrons. The molecule has 0 atom stereocenters. The Morgan fingerprint density at radius 1 is 0.333 bits per heavy atom. The average molecular weight is 691 g/mol. The van der Waals surface area contributed by atoms with Crippen molar-refractivity contribution in [2.75, 3.05) is 0 Å². The van der Waals surface area contributed by atoms with Gasteiger partial charge in [0.1, 0.15) is 11.2 Å². The van der Waals surface area contributed by atoms with Crippen LogP contribution < -0.4 is 0 Å². The maximum atomic E-state index is 6.23. The van der Waals surface area contributed by atoms with Gasteiger partial charge in [-0.2, -0.15) is 0 Å². The van der Waals surface area contributed by atoms with Crippen molar-refractivity contribution in [3.05, 3.63) is 182 Å². The van der Waals surface area contributed by atoms with Gasteiger partial charge in [0.05, 0.1) is 11.0 Å². The molecule has 0 aliphatic carbocycles. The molecule has 54 heavy (non-hydrogen) atoms. The molecule has 0 spiro atoms. The SMILES string of the molecule is c1ccc(-c2nc(-c3cccc(-c4ccc(-n5c6ccccc6c6cc7ccccc7cc65)cc4)c3)nc(-c3ccc4c(c3)oc3ccccc34)n2)cc1. The lowest BCUT2D eigenvalue weighted by Crippen LogP contribution is -2.00. The molecule has 5 heteroatoms. The fraction of sp³-hybridized carbons (Fsp3) is 0. The first-order valence-electron chi connectivity index (χ1n) is 18.1. The van der Waals surface area contributed by atoms with E-state index in [2.05, 4.69) is 132 Å². The summed E-state index contributed by atoms with van der Waals surface area (Å²) in [6.45, 7) is 0. The lowest BCUT2D eigenvalue weighted by Gasteiger charge is -2.11. The van der Waals surface area contributed by atoms with Gasteiger partial charge in [-0.25, -0.2) is 15.0 Å². The van der Waals surface area contributed by atoms with Gasteiger partial charge in [0, 0.05) is 43.9 Å². The number of benzene rings is 8. The van der Waals surface area contributed by atoms with Crippen molar-refractivity contribution in [2.45, 2.75) is 0 Å². The summed E-state index contributed by atoms with van der Waals surface area (Å²) < 4.78 is 8.60. The number of furan rings is 1. The van der Waals surface area contributed by atoms with Crippen LogP contribution in [-0.4, -0.2) is 19.5 Å². The van der Waals surface area contributed by atoms with Crippen molar-refractivity contribution in [1.82, 2.24) is 19.5 Å². The quantitative estimate of drug-likeness (QED) is 0.180. The number of fused-ring (bicyclic) bond motifs is 7. The molecule has 0 saturated heterocycles. The molecular weight excluding hydrogens is 661 g/mol. The maximum Gasteiger partial charge on any atom is 0.164 e. The molecule has 0 bridgehead atoms. The molecule has 11 rings (SSSR count). The zero-order chi connectivity index (χ0) is 35.6. The van der Waals surface area contributed by atoms with Crippen molar-refractivity contribution in [2.24, 2.45) is 0 Å². The molecule has 0 N–H and O–H groups in total. The molecular formula is C49H30N4O. The highest BCUT2D eigenvalue weighted by Crippen LogP contribution is 2.36. The zero-order valence-corrected chi connectivity index (χ0v) is 29.0. The second-order valence-corrected chi connectivity index (χ2v) is 13.7. The van der Waals surface area contributed by atoms with Crippen molar-refractivity contribution in [1.29, 1.82) is 0 Å². The van der Waals surface area contributed by atoms with Crippen LogP contribution in [0, 0.1) is 0 Å². The highest BCUT2D eigenvalue weighted by atomic mass is 16.3. The van der Waals surface area contributed by atoms with Gasteiger partial charge < -0.3 is 8.98 Å². The molecule has 0 aliphatic heterocycles. The summed E-state index contributed by atoms with van der Waals surface area (Å²) in [7, 11) is 0. The Hall–Kier alpha value is -7.37. The van der Waals surface area contributed by atoms with E-state index < -0.39 is 0 Å². The minimum atomic E-state index is 0.593. The third kappa shape index (κ3) is 4.98. The van der Waals surface area contributed by atoms with E-state index in [0.29, 0.717) is 17.5 Å². The number of nitrogens with zero attached hydrogens (tertiary/aromatic N) is 4. The molecule has 8 aromatic carbocycles. The Bertz CT molecular complexity index is 3210. The van der Waals surface area contributed by atoms with E-state index in [1.54, 1.807) is 0 Å². The largest absolute Gasteiger partial charge is 0.456 e. The molecule has 11 aromatic rings. The van der Waals surface area contributed by atoms with Crippen molar-refractivity contribution < 1.29 is 4.42 Å². The van der Waals surface area contributed by atoms with E-state index in [0.717, 1.165) is 55.4 Å². The molecule has 3 heterocycles. The molecule has 252 valence electrons. The lowest BCUT2D eigenvalue weighted by atomic mass is 10.0. The molecule has 0 fully saturated rings. The monoisotopic (exact) mass is 690 g/mol. The van der Waals surface area contributed by atoms with E-state index in [4.69, 9.17) is 19.4 Å². The Kier molecular flexibility index (Phi) is 6.79. The van der Waals surface area contributed by atoms with Crippen LogP contribution in [0.15, 0.2) is 186 Å². The summed E-state index contributed by atoms with van der Waals surface area (Å²) in [6, 6.07) is 63.5. The fourth-order valence-corrected chi connectivity index (χ4v) is 7.79. The summed E-state index contributed by atoms with van der Waals surface area (Å²) in [6.07, 6.45) is 0. The first-order chi connectivity index (χ1) is 26.7. The third-order valence-corrected chi connectivity index (χ3v) is 10.4. The summed E-state index contributed by atoms with van der Waals surface area (Å²) >= 11 is 0. The zero-order valence-electron chi connectivity index (χ0n) is 29.0. The van der Waals surface area contributed by atoms with Crippen LogP contribution in [0.5, 0.6) is 0 Å². The molecule has 0 unspecified atom stereocenters. The van der Waals surface area contributed by atoms with Crippen LogP contribution in [0.2, 0.25) is 0 Å². The van der Waals surface area contributed by atoms with Crippen LogP contribution in [0.1, 0.15) is 0 Å². The topological polar surface area (TPSA) is 56.7 Å². The molecule has 3 aromatic heterocycles. The fourth-order valence-electron chi connectivity index (χ4n) is 7.79. The predicted octanol–water partition coefficient (Wildman–Crippen LogP) is 12.7. The van der Waals surface area contributed by atoms with Crippen molar-refractivity contribution >= 4 is 54.5 Å². The Morgan fingerprint density at radius 3 is 1.74 bits per heavy atom. The molecule has 0 saturated carbocycles. The van der Waals surface area contributed by atoms with E-state index in [1.807, 2.05) is 54.6 Å². The maximum absolute atomic E-state index is 6.23. The summed E-state index contributed by atoms with van der Waals surface area (Å²) in [5.74, 6) is 1.82. The number of rotatable bonds is 5. The summed E-state index contributed by atoms with van der Waals surface area (Å²) in [5.41, 5.74) is 10.1. The number of aromatic nitrogens is 4. The number of para-hydroxylation sites is 2. The highest BCUT2D eigenvalue weighted by molar-refractivity contribution is 6.13. The highest BCUT2D eigenvalue weighted by Gasteiger charge is 2.16. The van der Waals surface area contributed by atoms with Crippen LogP contribution in [0.3, 0.4) is 0 Å². The first-order valence-corrected chi connectivity index (χ1v) is 18.1. The average Bonchev–Trinajstić information content (AvgIpc) is 3.78. The smallest absolute Gasteiger partial charge is 0.164 e. The van der Waals surface area contributed by atoms with Crippen LogP contribution >= 0.6 is 0 Å². The summed E-state index contributed by atoms with van der Waals surface area (Å²) in [5, 5.41) is 7.14. The molecule has 5 nitrogen and oxygen atoms in total. The second kappa shape index (κ2) is 12.1. The van der Waals surface area contributed by atoms with E-state index >= 15 is 0 Å². The molecule has 0 aliphatic rings. The van der Waals surface area contributed by atoms with Crippen molar-refractivity contribution in [3.63, 3.8) is 0 Å². The van der Waals surface area contributed by atoms with E-state index in [9.17, 15) is 0 Å². The van der Waals surface area contributed by atoms with Gasteiger partial charge in [-0.3, -0.25) is 0 Å². The van der Waals surface area contributed by atoms with E-state index in [1.165, 1.54) is 32.6 Å². The standard InChI is InChI=1S/C49H30N4O/c1-2-11-32(12-3-1)47-50-48(52-49(51-47)37-23-26-41-40-18-7-9-20-45(40)54-46(41)30-37)36-16-10-15-33(27-36)31-21-24-38(25-22-31)53-43-19-8-6-17-39(43)42-28-34-13-4-5-14-35(34)29-44(42)53/h1-30H. The first kappa shape index (κ1) is 30.3. The Labute approximate surface area is 310 Å². The third-order valence-electron chi connectivity index (χ3n) is 10.4. The lowest BCUT2D eigenvalue weighted by molar-refractivity contribution is 0.669. The van der Waals surface area contributed by atoms with Crippen LogP contribution in [0.4, 0.5) is 0 Å². The van der Waals surface area contributed by atoms with Gasteiger partial charge in [-0.1, -0.05) is 127 Å². The van der Waals surface area contributed by atoms with Crippen LogP contribution in [-0.2, 0) is 0 Å². The van der Waals surface area contributed by atoms with Crippen LogP contribution in [0.25, 0.3) is 105 Å². The van der Waals surface area contributed by atoms with Gasteiger partial charge >= 0.3 is 0 Å². The van der Waals surface area contributed by atoms with Gasteiger partial charge in [0.2, 0.25) is 0 Å². The Morgan fingerprint density at radius 2 is 0.926 bits per heavy atom. The second-order valence-electron chi connectivity index (χ2n) is 13.7. The minimum Gasteiger partial charge on any atom is -0.456 e. The summed E-state index contributed by atoms with van der Waals surface area (Å²) in [4.78, 5) is 15.0. The number of hydrogen-bond acceptors (Lipinski definition) is 4. The normalized spacial score (nSPS) is 11.7. The van der Waals surface area contributed by atoms with Crippen molar-refractivity contribution in [3.8, 4) is 51.0 Å². The van der Waals surface area contributed by atoms with Gasteiger partial charge in [-0.15, -0.1) is 0 Å². The predicted molar refractivity (Wildman–Crippen MR) is 221 cm³/mol. The Balaban J connectivity index is 0.999. The minimum absolute atomic E-state index is 0.593. The number of hydrogen-bond donors (Lipinski definition) is 0. The van der Waals surface area contributed by atoms with Gasteiger partial charge in [-0.05, 0) is 76.5 Å².